The number of esters is 1. The summed E-state index contributed by atoms with van der Waals surface area (Å²) in [6.45, 7) is 0. The summed E-state index contributed by atoms with van der Waals surface area (Å²) in [6, 6.07) is 4.01. The number of ether oxygens (including phenoxy) is 1. The van der Waals surface area contributed by atoms with Gasteiger partial charge in [-0.3, -0.25) is 4.79 Å². The Bertz CT molecular complexity index is 448. The van der Waals surface area contributed by atoms with Gasteiger partial charge < -0.3 is 4.74 Å². The van der Waals surface area contributed by atoms with E-state index in [1.807, 2.05) is 22.9 Å². The van der Waals surface area contributed by atoms with Crippen LogP contribution >= 0.6 is 22.7 Å². The van der Waals surface area contributed by atoms with Gasteiger partial charge in [0.05, 0.1) is 24.1 Å². The zero-order chi connectivity index (χ0) is 10.7. The lowest BCUT2D eigenvalue weighted by Crippen LogP contribution is -2.04. The lowest BCUT2D eigenvalue weighted by atomic mass is 10.3. The van der Waals surface area contributed by atoms with Gasteiger partial charge in [0.15, 0.2) is 0 Å². The highest BCUT2D eigenvalue weighted by Gasteiger charge is 2.09. The van der Waals surface area contributed by atoms with Crippen LogP contribution in [0.25, 0.3) is 9.88 Å². The van der Waals surface area contributed by atoms with Crippen LogP contribution in [0.4, 0.5) is 0 Å². The molecule has 0 fully saturated rings. The van der Waals surface area contributed by atoms with Crippen molar-refractivity contribution in [3.63, 3.8) is 0 Å². The molecule has 0 aliphatic heterocycles. The Morgan fingerprint density at radius 3 is 3.07 bits per heavy atom. The van der Waals surface area contributed by atoms with Crippen LogP contribution in [0.1, 0.15) is 5.69 Å². The minimum absolute atomic E-state index is 0.248. The summed E-state index contributed by atoms with van der Waals surface area (Å²) in [7, 11) is 1.38. The molecule has 3 nitrogen and oxygen atoms in total. The Labute approximate surface area is 95.4 Å². The molecule has 5 heteroatoms. The van der Waals surface area contributed by atoms with Crippen LogP contribution in [-0.4, -0.2) is 18.1 Å². The summed E-state index contributed by atoms with van der Waals surface area (Å²) in [5.41, 5.74) is 0.773. The Balaban J connectivity index is 2.14. The van der Waals surface area contributed by atoms with Crippen LogP contribution in [0, 0.1) is 0 Å². The van der Waals surface area contributed by atoms with Crippen molar-refractivity contribution in [1.82, 2.24) is 4.98 Å². The minimum Gasteiger partial charge on any atom is -0.469 e. The first-order chi connectivity index (χ1) is 7.29. The van der Waals surface area contributed by atoms with E-state index in [1.165, 1.54) is 7.11 Å². The van der Waals surface area contributed by atoms with Gasteiger partial charge in [-0.2, -0.15) is 0 Å². The van der Waals surface area contributed by atoms with Gasteiger partial charge in [-0.05, 0) is 11.4 Å². The van der Waals surface area contributed by atoms with E-state index in [-0.39, 0.29) is 12.4 Å². The fourth-order valence-corrected chi connectivity index (χ4v) is 2.76. The summed E-state index contributed by atoms with van der Waals surface area (Å²) in [5.74, 6) is -0.252. The molecular formula is C10H9NO2S2. The van der Waals surface area contributed by atoms with Gasteiger partial charge in [0, 0.05) is 5.38 Å². The van der Waals surface area contributed by atoms with Crippen molar-refractivity contribution in [3.05, 3.63) is 28.6 Å². The molecule has 0 spiro atoms. The number of hydrogen-bond donors (Lipinski definition) is 0. The van der Waals surface area contributed by atoms with Crippen LogP contribution in [-0.2, 0) is 16.0 Å². The molecule has 0 amide bonds. The third-order valence-electron chi connectivity index (χ3n) is 1.84. The third kappa shape index (κ3) is 2.43. The van der Waals surface area contributed by atoms with E-state index in [0.29, 0.717) is 0 Å². The highest BCUT2D eigenvalue weighted by atomic mass is 32.1. The molecule has 0 radical (unpaired) electrons. The van der Waals surface area contributed by atoms with Crippen LogP contribution in [0.15, 0.2) is 22.9 Å². The largest absolute Gasteiger partial charge is 0.469 e. The first-order valence-electron chi connectivity index (χ1n) is 4.34. The summed E-state index contributed by atoms with van der Waals surface area (Å²) in [4.78, 5) is 16.5. The molecule has 0 atom stereocenters. The van der Waals surface area contributed by atoms with Gasteiger partial charge in [-0.25, -0.2) is 4.98 Å². The van der Waals surface area contributed by atoms with Gasteiger partial charge in [0.1, 0.15) is 5.01 Å². The maximum absolute atomic E-state index is 11.0. The molecule has 0 aromatic carbocycles. The Hall–Kier alpha value is -1.20. The zero-order valence-corrected chi connectivity index (χ0v) is 9.73. The van der Waals surface area contributed by atoms with Crippen molar-refractivity contribution in [1.29, 1.82) is 0 Å². The van der Waals surface area contributed by atoms with Crippen LogP contribution in [0.5, 0.6) is 0 Å². The highest BCUT2D eigenvalue weighted by Crippen LogP contribution is 2.27. The average Bonchev–Trinajstić information content (AvgIpc) is 2.85. The van der Waals surface area contributed by atoms with E-state index in [4.69, 9.17) is 0 Å². The number of carbonyl (C=O) groups is 1. The lowest BCUT2D eigenvalue weighted by Gasteiger charge is -1.93. The fraction of sp³-hybridized carbons (Fsp3) is 0.200. The smallest absolute Gasteiger partial charge is 0.311 e. The highest BCUT2D eigenvalue weighted by molar-refractivity contribution is 7.20. The monoisotopic (exact) mass is 239 g/mol. The van der Waals surface area contributed by atoms with Crippen molar-refractivity contribution in [2.75, 3.05) is 7.11 Å². The molecule has 15 heavy (non-hydrogen) atoms. The van der Waals surface area contributed by atoms with E-state index in [1.54, 1.807) is 22.7 Å². The number of thiazole rings is 1. The van der Waals surface area contributed by atoms with Gasteiger partial charge in [-0.15, -0.1) is 22.7 Å². The van der Waals surface area contributed by atoms with Gasteiger partial charge in [-0.1, -0.05) is 6.07 Å². The average molecular weight is 239 g/mol. The van der Waals surface area contributed by atoms with E-state index in [2.05, 4.69) is 9.72 Å². The minimum atomic E-state index is -0.252. The van der Waals surface area contributed by atoms with E-state index >= 15 is 0 Å². The predicted octanol–water partition coefficient (Wildman–Crippen LogP) is 2.59. The number of nitrogens with zero attached hydrogens (tertiary/aromatic N) is 1. The number of rotatable bonds is 3. The molecule has 0 saturated carbocycles. The molecule has 0 bridgehead atoms. The second-order valence-corrected chi connectivity index (χ2v) is 4.68. The van der Waals surface area contributed by atoms with E-state index in [0.717, 1.165) is 15.6 Å². The third-order valence-corrected chi connectivity index (χ3v) is 3.77. The number of methoxy groups -OCH3 is 1. The Morgan fingerprint density at radius 2 is 2.40 bits per heavy atom. The van der Waals surface area contributed by atoms with Crippen molar-refractivity contribution < 1.29 is 9.53 Å². The van der Waals surface area contributed by atoms with Crippen molar-refractivity contribution in [2.45, 2.75) is 6.42 Å². The standard InChI is InChI=1S/C10H9NO2S2/c1-13-9(12)5-7-6-15-10(11-7)8-3-2-4-14-8/h2-4,6H,5H2,1H3. The van der Waals surface area contributed by atoms with Crippen LogP contribution in [0.3, 0.4) is 0 Å². The zero-order valence-electron chi connectivity index (χ0n) is 8.10. The van der Waals surface area contributed by atoms with Gasteiger partial charge in [0.2, 0.25) is 0 Å². The maximum atomic E-state index is 11.0. The second-order valence-electron chi connectivity index (χ2n) is 2.87. The molecule has 2 aromatic heterocycles. The number of thiophene rings is 1. The predicted molar refractivity (Wildman–Crippen MR) is 61.1 cm³/mol. The Kier molecular flexibility index (Phi) is 3.13. The molecule has 0 aliphatic carbocycles. The normalized spacial score (nSPS) is 10.2. The van der Waals surface area contributed by atoms with Crippen molar-refractivity contribution in [3.8, 4) is 9.88 Å². The van der Waals surface area contributed by atoms with Crippen molar-refractivity contribution in [2.24, 2.45) is 0 Å². The topological polar surface area (TPSA) is 39.2 Å². The second kappa shape index (κ2) is 4.55. The number of hydrogen-bond acceptors (Lipinski definition) is 5. The molecule has 2 aromatic rings. The molecule has 78 valence electrons. The van der Waals surface area contributed by atoms with Crippen molar-refractivity contribution >= 4 is 28.6 Å². The quantitative estimate of drug-likeness (QED) is 0.773. The summed E-state index contributed by atoms with van der Waals surface area (Å²) >= 11 is 3.20. The number of aromatic nitrogens is 1. The molecule has 0 unspecified atom stereocenters. The molecule has 0 saturated heterocycles. The Morgan fingerprint density at radius 1 is 1.53 bits per heavy atom. The molecular weight excluding hydrogens is 230 g/mol. The molecule has 2 heterocycles. The SMILES string of the molecule is COC(=O)Cc1csc(-c2cccs2)n1. The van der Waals surface area contributed by atoms with Gasteiger partial charge >= 0.3 is 5.97 Å². The summed E-state index contributed by atoms with van der Waals surface area (Å²) < 4.78 is 4.58. The first-order valence-corrected chi connectivity index (χ1v) is 6.10. The maximum Gasteiger partial charge on any atom is 0.311 e. The number of carbonyl (C=O) groups excluding carboxylic acids is 1. The van der Waals surface area contributed by atoms with Gasteiger partial charge in [0.25, 0.3) is 0 Å². The molecule has 2 rings (SSSR count). The van der Waals surface area contributed by atoms with Crippen LogP contribution in [0.2, 0.25) is 0 Å². The first kappa shape index (κ1) is 10.3. The summed E-state index contributed by atoms with van der Waals surface area (Å²) in [6.07, 6.45) is 0.248. The molecule has 0 aliphatic rings. The van der Waals surface area contributed by atoms with E-state index in [9.17, 15) is 4.79 Å². The molecule has 0 N–H and O–H groups in total. The fourth-order valence-electron chi connectivity index (χ4n) is 1.12. The lowest BCUT2D eigenvalue weighted by molar-refractivity contribution is -0.139. The van der Waals surface area contributed by atoms with E-state index < -0.39 is 0 Å². The summed E-state index contributed by atoms with van der Waals surface area (Å²) in [5, 5.41) is 4.87. The van der Waals surface area contributed by atoms with Crippen LogP contribution < -0.4 is 0 Å².